The van der Waals surface area contributed by atoms with Crippen molar-refractivity contribution in [2.24, 2.45) is 5.92 Å². The Morgan fingerprint density at radius 2 is 2.10 bits per heavy atom. The lowest BCUT2D eigenvalue weighted by Crippen LogP contribution is -2.19. The lowest BCUT2D eigenvalue weighted by molar-refractivity contribution is 0.301. The van der Waals surface area contributed by atoms with Crippen LogP contribution in [0.25, 0.3) is 0 Å². The number of rotatable bonds is 7. The van der Waals surface area contributed by atoms with Crippen LogP contribution >= 0.6 is 15.9 Å². The van der Waals surface area contributed by atoms with Crippen LogP contribution < -0.4 is 10.1 Å². The van der Waals surface area contributed by atoms with Crippen LogP contribution in [0.15, 0.2) is 39.4 Å². The van der Waals surface area contributed by atoms with E-state index in [9.17, 15) is 0 Å². The number of hydrogen-bond acceptors (Lipinski definition) is 3. The quantitative estimate of drug-likeness (QED) is 0.786. The maximum Gasteiger partial charge on any atom is 0.124 e. The predicted molar refractivity (Wildman–Crippen MR) is 88.5 cm³/mol. The molecule has 0 saturated carbocycles. The van der Waals surface area contributed by atoms with E-state index in [-0.39, 0.29) is 0 Å². The first kappa shape index (κ1) is 16.1. The first-order chi connectivity index (χ1) is 10.1. The molecule has 0 aliphatic heterocycles. The molecule has 0 amide bonds. The van der Waals surface area contributed by atoms with Gasteiger partial charge in [0.05, 0.1) is 12.8 Å². The SMILES string of the molecule is Cc1cc(OCc2ccoc2CNCC(C)C)ccc1Br. The normalized spacial score (nSPS) is 11.1. The molecule has 1 heterocycles. The Kier molecular flexibility index (Phi) is 5.88. The van der Waals surface area contributed by atoms with E-state index in [0.29, 0.717) is 12.5 Å². The second kappa shape index (κ2) is 7.66. The van der Waals surface area contributed by atoms with Crippen molar-refractivity contribution >= 4 is 15.9 Å². The van der Waals surface area contributed by atoms with Crippen molar-refractivity contribution in [3.05, 3.63) is 51.9 Å². The fourth-order valence-electron chi connectivity index (χ4n) is 1.99. The highest BCUT2D eigenvalue weighted by molar-refractivity contribution is 9.10. The van der Waals surface area contributed by atoms with Crippen molar-refractivity contribution in [1.82, 2.24) is 5.32 Å². The van der Waals surface area contributed by atoms with Crippen molar-refractivity contribution in [1.29, 1.82) is 0 Å². The average Bonchev–Trinajstić information content (AvgIpc) is 2.87. The van der Waals surface area contributed by atoms with E-state index in [1.165, 1.54) is 5.56 Å². The number of benzene rings is 1. The molecular formula is C17H22BrNO2. The number of furan rings is 1. The molecule has 3 nitrogen and oxygen atoms in total. The van der Waals surface area contributed by atoms with Crippen LogP contribution in [-0.4, -0.2) is 6.54 Å². The lowest BCUT2D eigenvalue weighted by atomic mass is 10.2. The zero-order valence-corrected chi connectivity index (χ0v) is 14.4. The maximum atomic E-state index is 5.85. The lowest BCUT2D eigenvalue weighted by Gasteiger charge is -2.09. The number of ether oxygens (including phenoxy) is 1. The summed E-state index contributed by atoms with van der Waals surface area (Å²) < 4.78 is 12.5. The maximum absolute atomic E-state index is 5.85. The molecule has 4 heteroatoms. The monoisotopic (exact) mass is 351 g/mol. The van der Waals surface area contributed by atoms with Gasteiger partial charge in [-0.2, -0.15) is 0 Å². The summed E-state index contributed by atoms with van der Waals surface area (Å²) in [6.07, 6.45) is 1.72. The Labute approximate surface area is 134 Å². The van der Waals surface area contributed by atoms with Gasteiger partial charge in [-0.05, 0) is 49.2 Å². The Balaban J connectivity index is 1.91. The summed E-state index contributed by atoms with van der Waals surface area (Å²) >= 11 is 3.49. The Bertz CT molecular complexity index is 578. The molecule has 1 N–H and O–H groups in total. The van der Waals surface area contributed by atoms with Gasteiger partial charge in [0, 0.05) is 10.0 Å². The first-order valence-corrected chi connectivity index (χ1v) is 8.00. The first-order valence-electron chi connectivity index (χ1n) is 7.21. The van der Waals surface area contributed by atoms with E-state index in [2.05, 4.69) is 42.0 Å². The topological polar surface area (TPSA) is 34.4 Å². The third-order valence-corrected chi connectivity index (χ3v) is 4.09. The molecule has 0 atom stereocenters. The van der Waals surface area contributed by atoms with E-state index in [4.69, 9.17) is 9.15 Å². The van der Waals surface area contributed by atoms with Crippen LogP contribution in [0.1, 0.15) is 30.7 Å². The summed E-state index contributed by atoms with van der Waals surface area (Å²) in [6, 6.07) is 7.97. The summed E-state index contributed by atoms with van der Waals surface area (Å²) in [5.74, 6) is 2.45. The van der Waals surface area contributed by atoms with E-state index in [1.54, 1.807) is 6.26 Å². The van der Waals surface area contributed by atoms with Crippen molar-refractivity contribution in [2.75, 3.05) is 6.54 Å². The second-order valence-electron chi connectivity index (χ2n) is 5.59. The van der Waals surface area contributed by atoms with Crippen LogP contribution in [-0.2, 0) is 13.2 Å². The molecule has 21 heavy (non-hydrogen) atoms. The van der Waals surface area contributed by atoms with E-state index >= 15 is 0 Å². The Morgan fingerprint density at radius 1 is 1.29 bits per heavy atom. The molecular weight excluding hydrogens is 330 g/mol. The third kappa shape index (κ3) is 4.90. The van der Waals surface area contributed by atoms with Gasteiger partial charge in [0.2, 0.25) is 0 Å². The van der Waals surface area contributed by atoms with Gasteiger partial charge in [-0.25, -0.2) is 0 Å². The highest BCUT2D eigenvalue weighted by Crippen LogP contribution is 2.23. The van der Waals surface area contributed by atoms with Crippen molar-refractivity contribution in [3.63, 3.8) is 0 Å². The van der Waals surface area contributed by atoms with Gasteiger partial charge in [-0.1, -0.05) is 29.8 Å². The molecule has 114 valence electrons. The zero-order chi connectivity index (χ0) is 15.2. The van der Waals surface area contributed by atoms with Crippen LogP contribution in [0, 0.1) is 12.8 Å². The molecule has 0 saturated heterocycles. The van der Waals surface area contributed by atoms with Gasteiger partial charge in [0.15, 0.2) is 0 Å². The van der Waals surface area contributed by atoms with Crippen LogP contribution in [0.5, 0.6) is 5.75 Å². The number of halogens is 1. The molecule has 0 fully saturated rings. The zero-order valence-electron chi connectivity index (χ0n) is 12.8. The smallest absolute Gasteiger partial charge is 0.124 e. The van der Waals surface area contributed by atoms with Crippen LogP contribution in [0.4, 0.5) is 0 Å². The second-order valence-corrected chi connectivity index (χ2v) is 6.45. The minimum absolute atomic E-state index is 0.524. The predicted octanol–water partition coefficient (Wildman–Crippen LogP) is 4.68. The molecule has 2 aromatic rings. The number of aryl methyl sites for hydroxylation is 1. The Morgan fingerprint density at radius 3 is 2.81 bits per heavy atom. The highest BCUT2D eigenvalue weighted by atomic mass is 79.9. The van der Waals surface area contributed by atoms with Gasteiger partial charge in [-0.3, -0.25) is 0 Å². The summed E-state index contributed by atoms with van der Waals surface area (Å²) in [5, 5.41) is 3.39. The molecule has 1 aromatic carbocycles. The van der Waals surface area contributed by atoms with Gasteiger partial charge in [-0.15, -0.1) is 0 Å². The van der Waals surface area contributed by atoms with E-state index in [0.717, 1.165) is 34.6 Å². The molecule has 0 aliphatic carbocycles. The van der Waals surface area contributed by atoms with Crippen molar-refractivity contribution in [2.45, 2.75) is 33.9 Å². The molecule has 0 spiro atoms. The van der Waals surface area contributed by atoms with Crippen molar-refractivity contribution < 1.29 is 9.15 Å². The molecule has 0 unspecified atom stereocenters. The fraction of sp³-hybridized carbons (Fsp3) is 0.412. The number of nitrogens with one attached hydrogen (secondary N) is 1. The van der Waals surface area contributed by atoms with Gasteiger partial charge < -0.3 is 14.5 Å². The van der Waals surface area contributed by atoms with Gasteiger partial charge in [0.25, 0.3) is 0 Å². The van der Waals surface area contributed by atoms with Gasteiger partial charge in [0.1, 0.15) is 18.1 Å². The number of hydrogen-bond donors (Lipinski definition) is 1. The highest BCUT2D eigenvalue weighted by Gasteiger charge is 2.08. The summed E-state index contributed by atoms with van der Waals surface area (Å²) in [5.41, 5.74) is 2.25. The van der Waals surface area contributed by atoms with Crippen LogP contribution in [0.3, 0.4) is 0 Å². The fourth-order valence-corrected chi connectivity index (χ4v) is 2.24. The standard InChI is InChI=1S/C17H22BrNO2/c1-12(2)9-19-10-17-14(6-7-20-17)11-21-15-4-5-16(18)13(3)8-15/h4-8,12,19H,9-11H2,1-3H3. The molecule has 2 rings (SSSR count). The summed E-state index contributed by atoms with van der Waals surface area (Å²) in [4.78, 5) is 0. The third-order valence-electron chi connectivity index (χ3n) is 3.20. The molecule has 1 aromatic heterocycles. The molecule has 0 aliphatic rings. The molecule has 0 radical (unpaired) electrons. The van der Waals surface area contributed by atoms with Crippen LogP contribution in [0.2, 0.25) is 0 Å². The van der Waals surface area contributed by atoms with E-state index in [1.807, 2.05) is 24.3 Å². The summed E-state index contributed by atoms with van der Waals surface area (Å²) in [6.45, 7) is 8.67. The Hall–Kier alpha value is -1.26. The van der Waals surface area contributed by atoms with Gasteiger partial charge >= 0.3 is 0 Å². The largest absolute Gasteiger partial charge is 0.489 e. The summed E-state index contributed by atoms with van der Waals surface area (Å²) in [7, 11) is 0. The average molecular weight is 352 g/mol. The minimum Gasteiger partial charge on any atom is -0.489 e. The van der Waals surface area contributed by atoms with E-state index < -0.39 is 0 Å². The molecule has 0 bridgehead atoms. The minimum atomic E-state index is 0.524. The van der Waals surface area contributed by atoms with Crippen molar-refractivity contribution in [3.8, 4) is 5.75 Å².